The number of carbonyl (C=O) groups is 1. The van der Waals surface area contributed by atoms with Gasteiger partial charge in [0.1, 0.15) is 5.66 Å². The van der Waals surface area contributed by atoms with E-state index >= 15 is 0 Å². The van der Waals surface area contributed by atoms with Crippen molar-refractivity contribution in [3.05, 3.63) is 94.4 Å². The third-order valence-corrected chi connectivity index (χ3v) is 10.7. The third-order valence-electron chi connectivity index (χ3n) is 9.67. The first-order valence-corrected chi connectivity index (χ1v) is 16.7. The lowest BCUT2D eigenvalue weighted by Gasteiger charge is -2.35. The number of hydrogen-bond acceptors (Lipinski definition) is 5. The zero-order valence-corrected chi connectivity index (χ0v) is 25.6. The average molecular weight is 576 g/mol. The van der Waals surface area contributed by atoms with Gasteiger partial charge in [-0.2, -0.15) is 0 Å². The molecule has 2 heterocycles. The second kappa shape index (κ2) is 11.4. The fraction of sp³-hybridized carbons (Fsp3) is 0.378. The lowest BCUT2D eigenvalue weighted by atomic mass is 9.95. The number of rotatable bonds is 11. The van der Waals surface area contributed by atoms with Gasteiger partial charge in [-0.05, 0) is 109 Å². The summed E-state index contributed by atoms with van der Waals surface area (Å²) >= 11 is 1.58. The van der Waals surface area contributed by atoms with Crippen LogP contribution < -0.4 is 15.5 Å². The first-order chi connectivity index (χ1) is 20.7. The maximum Gasteiger partial charge on any atom is 0.160 e. The maximum atomic E-state index is 11.3. The minimum atomic E-state index is -0.358. The molecule has 2 atom stereocenters. The summed E-state index contributed by atoms with van der Waals surface area (Å²) in [6.07, 6.45) is 9.34. The molecule has 5 heteroatoms. The molecule has 2 aliphatic carbocycles. The molecule has 2 unspecified atom stereocenters. The normalized spacial score (nSPS) is 19.4. The fourth-order valence-corrected chi connectivity index (χ4v) is 8.51. The van der Waals surface area contributed by atoms with Crippen LogP contribution in [-0.4, -0.2) is 25.4 Å². The van der Waals surface area contributed by atoms with Crippen LogP contribution in [0.5, 0.6) is 0 Å². The Labute approximate surface area is 254 Å². The molecule has 1 aliphatic heterocycles. The number of anilines is 2. The van der Waals surface area contributed by atoms with Gasteiger partial charge in [0.05, 0.1) is 4.88 Å². The van der Waals surface area contributed by atoms with E-state index in [1.165, 1.54) is 81.7 Å². The number of fused-ring (bicyclic) bond motifs is 6. The standard InChI is InChI=1S/C37H41N3OS/c1-3-5-20-38-37(39-21-6-4-2)32-12-8-7-10-28(32)30-23-26(15-17-33(30)37)40-34-13-9-11-29(34)31-22-25(14-18-35(31)40)36-19-16-27(24-41)42-36/h7-8,10,12,14-19,22-24,29,34,38-39H,3-6,9,11,13,20-21H2,1-2H3. The molecule has 1 aromatic heterocycles. The summed E-state index contributed by atoms with van der Waals surface area (Å²) in [6.45, 7) is 6.49. The Morgan fingerprint density at radius 1 is 0.881 bits per heavy atom. The van der Waals surface area contributed by atoms with Gasteiger partial charge in [-0.15, -0.1) is 11.3 Å². The first kappa shape index (κ1) is 27.6. The van der Waals surface area contributed by atoms with Crippen molar-refractivity contribution < 1.29 is 4.79 Å². The number of carbonyl (C=O) groups excluding carboxylic acids is 1. The van der Waals surface area contributed by atoms with Crippen LogP contribution in [0, 0.1) is 0 Å². The van der Waals surface area contributed by atoms with E-state index in [1.54, 1.807) is 11.3 Å². The Hall–Kier alpha value is -3.25. The van der Waals surface area contributed by atoms with E-state index in [0.717, 1.165) is 37.1 Å². The van der Waals surface area contributed by atoms with E-state index in [4.69, 9.17) is 0 Å². The van der Waals surface area contributed by atoms with Gasteiger partial charge in [0.15, 0.2) is 6.29 Å². The van der Waals surface area contributed by atoms with Crippen molar-refractivity contribution in [2.75, 3.05) is 18.0 Å². The molecule has 1 saturated carbocycles. The van der Waals surface area contributed by atoms with E-state index in [0.29, 0.717) is 12.0 Å². The molecule has 216 valence electrons. The molecule has 0 amide bonds. The minimum absolute atomic E-state index is 0.358. The molecule has 0 spiro atoms. The Balaban J connectivity index is 1.30. The highest BCUT2D eigenvalue weighted by Gasteiger charge is 2.45. The molecule has 42 heavy (non-hydrogen) atoms. The van der Waals surface area contributed by atoms with Crippen LogP contribution in [0.2, 0.25) is 0 Å². The average Bonchev–Trinajstić information content (AvgIpc) is 3.80. The van der Waals surface area contributed by atoms with Crippen molar-refractivity contribution in [1.29, 1.82) is 0 Å². The molecule has 7 rings (SSSR count). The first-order valence-electron chi connectivity index (χ1n) is 15.9. The second-order valence-corrected chi connectivity index (χ2v) is 13.3. The van der Waals surface area contributed by atoms with Gasteiger partial charge in [0.2, 0.25) is 0 Å². The van der Waals surface area contributed by atoms with E-state index in [1.807, 2.05) is 6.07 Å². The lowest BCUT2D eigenvalue weighted by Crippen LogP contribution is -2.54. The van der Waals surface area contributed by atoms with Gasteiger partial charge in [-0.25, -0.2) is 0 Å². The Morgan fingerprint density at radius 2 is 1.67 bits per heavy atom. The van der Waals surface area contributed by atoms with Crippen LogP contribution >= 0.6 is 11.3 Å². The highest BCUT2D eigenvalue weighted by atomic mass is 32.1. The molecular formula is C37H41N3OS. The van der Waals surface area contributed by atoms with Crippen LogP contribution in [0.1, 0.15) is 91.1 Å². The lowest BCUT2D eigenvalue weighted by molar-refractivity contribution is 0.112. The maximum absolute atomic E-state index is 11.3. The summed E-state index contributed by atoms with van der Waals surface area (Å²) in [5.41, 5.74) is 10.4. The number of thiophene rings is 1. The monoisotopic (exact) mass is 575 g/mol. The molecule has 0 radical (unpaired) electrons. The minimum Gasteiger partial charge on any atom is -0.337 e. The Bertz CT molecular complexity index is 1600. The number of aldehydes is 1. The van der Waals surface area contributed by atoms with Crippen LogP contribution in [0.4, 0.5) is 11.4 Å². The summed E-state index contributed by atoms with van der Waals surface area (Å²) in [6, 6.07) is 27.7. The summed E-state index contributed by atoms with van der Waals surface area (Å²) < 4.78 is 0. The van der Waals surface area contributed by atoms with E-state index in [9.17, 15) is 4.79 Å². The zero-order valence-electron chi connectivity index (χ0n) is 24.8. The Morgan fingerprint density at radius 3 is 2.43 bits per heavy atom. The van der Waals surface area contributed by atoms with Gasteiger partial charge in [0.25, 0.3) is 0 Å². The van der Waals surface area contributed by atoms with Crippen molar-refractivity contribution in [1.82, 2.24) is 10.6 Å². The highest BCUT2D eigenvalue weighted by Crippen LogP contribution is 2.55. The predicted octanol–water partition coefficient (Wildman–Crippen LogP) is 8.98. The van der Waals surface area contributed by atoms with Crippen molar-refractivity contribution in [2.45, 2.75) is 76.4 Å². The topological polar surface area (TPSA) is 44.4 Å². The van der Waals surface area contributed by atoms with E-state index < -0.39 is 0 Å². The van der Waals surface area contributed by atoms with Crippen molar-refractivity contribution in [3.63, 3.8) is 0 Å². The Kier molecular flexibility index (Phi) is 7.51. The van der Waals surface area contributed by atoms with Crippen LogP contribution in [-0.2, 0) is 5.66 Å². The van der Waals surface area contributed by atoms with E-state index in [2.05, 4.69) is 96.1 Å². The van der Waals surface area contributed by atoms with Gasteiger partial charge in [0, 0.05) is 28.2 Å². The highest BCUT2D eigenvalue weighted by molar-refractivity contribution is 7.17. The van der Waals surface area contributed by atoms with Gasteiger partial charge < -0.3 is 4.90 Å². The summed E-state index contributed by atoms with van der Waals surface area (Å²) in [4.78, 5) is 15.9. The SMILES string of the molecule is CCCCNC1(NCCCC)c2ccccc2-c2cc(N3c4ccc(-c5ccc(C=O)s5)cc4C4CCCC43)ccc21. The van der Waals surface area contributed by atoms with Crippen LogP contribution in [0.25, 0.3) is 21.6 Å². The fourth-order valence-electron chi connectivity index (χ4n) is 7.69. The largest absolute Gasteiger partial charge is 0.337 e. The summed E-state index contributed by atoms with van der Waals surface area (Å²) in [7, 11) is 0. The second-order valence-electron chi connectivity index (χ2n) is 12.2. The van der Waals surface area contributed by atoms with Crippen molar-refractivity contribution >= 4 is 29.0 Å². The molecule has 0 bridgehead atoms. The van der Waals surface area contributed by atoms with Gasteiger partial charge in [-0.1, -0.05) is 69.5 Å². The number of hydrogen-bond donors (Lipinski definition) is 2. The molecule has 2 N–H and O–H groups in total. The summed E-state index contributed by atoms with van der Waals surface area (Å²) in [5, 5.41) is 7.98. The number of unbranched alkanes of at least 4 members (excludes halogenated alkanes) is 2. The molecule has 4 nitrogen and oxygen atoms in total. The molecule has 3 aromatic carbocycles. The molecule has 0 saturated heterocycles. The summed E-state index contributed by atoms with van der Waals surface area (Å²) in [5.74, 6) is 0.552. The molecule has 1 fully saturated rings. The smallest absolute Gasteiger partial charge is 0.160 e. The number of nitrogens with one attached hydrogen (secondary N) is 2. The number of benzene rings is 3. The van der Waals surface area contributed by atoms with Crippen molar-refractivity contribution in [3.8, 4) is 21.6 Å². The number of nitrogens with zero attached hydrogens (tertiary/aromatic N) is 1. The third kappa shape index (κ3) is 4.45. The van der Waals surface area contributed by atoms with Crippen molar-refractivity contribution in [2.24, 2.45) is 0 Å². The molecule has 3 aliphatic rings. The zero-order chi connectivity index (χ0) is 28.7. The van der Waals surface area contributed by atoms with Gasteiger partial charge in [-0.3, -0.25) is 15.4 Å². The van der Waals surface area contributed by atoms with Crippen LogP contribution in [0.3, 0.4) is 0 Å². The predicted molar refractivity (Wildman–Crippen MR) is 176 cm³/mol. The van der Waals surface area contributed by atoms with E-state index in [-0.39, 0.29) is 5.66 Å². The quantitative estimate of drug-likeness (QED) is 0.106. The van der Waals surface area contributed by atoms with Gasteiger partial charge >= 0.3 is 0 Å². The van der Waals surface area contributed by atoms with Crippen LogP contribution in [0.15, 0.2) is 72.8 Å². The molecule has 4 aromatic rings. The molecular weight excluding hydrogens is 534 g/mol.